The first-order valence-electron chi connectivity index (χ1n) is 10.0. The zero-order valence-electron chi connectivity index (χ0n) is 16.9. The first-order chi connectivity index (χ1) is 13.2. The highest BCUT2D eigenvalue weighted by atomic mass is 127. The molecule has 0 unspecified atom stereocenters. The van der Waals surface area contributed by atoms with Gasteiger partial charge in [0, 0.05) is 46.0 Å². The van der Waals surface area contributed by atoms with Gasteiger partial charge in [0.05, 0.1) is 12.5 Å². The van der Waals surface area contributed by atoms with Crippen molar-refractivity contribution in [1.29, 1.82) is 0 Å². The van der Waals surface area contributed by atoms with Crippen LogP contribution in [-0.4, -0.2) is 61.6 Å². The Hall–Kier alpha value is -1.58. The van der Waals surface area contributed by atoms with E-state index in [2.05, 4.69) is 31.2 Å². The minimum atomic E-state index is -0.0636. The van der Waals surface area contributed by atoms with E-state index in [1.165, 1.54) is 18.4 Å². The first kappa shape index (κ1) is 22.7. The maximum Gasteiger partial charge on any atom is 0.309 e. The molecule has 3 heterocycles. The largest absolute Gasteiger partial charge is 0.466 e. The molecule has 2 saturated heterocycles. The van der Waals surface area contributed by atoms with Crippen LogP contribution in [0.4, 0.5) is 5.82 Å². The van der Waals surface area contributed by atoms with Crippen molar-refractivity contribution in [3.63, 3.8) is 0 Å². The predicted molar refractivity (Wildman–Crippen MR) is 122 cm³/mol. The summed E-state index contributed by atoms with van der Waals surface area (Å²) in [4.78, 5) is 25.4. The molecular formula is C20H32IN5O2. The van der Waals surface area contributed by atoms with Gasteiger partial charge in [-0.25, -0.2) is 4.98 Å². The molecule has 0 aromatic carbocycles. The Balaban J connectivity index is 0.00000280. The highest BCUT2D eigenvalue weighted by molar-refractivity contribution is 14.0. The van der Waals surface area contributed by atoms with Crippen molar-refractivity contribution in [2.24, 2.45) is 10.9 Å². The molecule has 0 spiro atoms. The number of aromatic nitrogens is 1. The summed E-state index contributed by atoms with van der Waals surface area (Å²) in [6.07, 6.45) is 6.01. The third-order valence-electron chi connectivity index (χ3n) is 5.32. The van der Waals surface area contributed by atoms with Crippen molar-refractivity contribution >= 4 is 41.7 Å². The quantitative estimate of drug-likeness (QED) is 0.290. The lowest BCUT2D eigenvalue weighted by Gasteiger charge is -2.33. The summed E-state index contributed by atoms with van der Waals surface area (Å²) < 4.78 is 5.15. The Morgan fingerprint density at radius 2 is 2.00 bits per heavy atom. The van der Waals surface area contributed by atoms with Crippen molar-refractivity contribution in [2.75, 3.05) is 44.7 Å². The van der Waals surface area contributed by atoms with Crippen LogP contribution in [0.25, 0.3) is 0 Å². The van der Waals surface area contributed by atoms with Gasteiger partial charge >= 0.3 is 5.97 Å². The number of guanidine groups is 1. The Bertz CT molecular complexity index is 656. The van der Waals surface area contributed by atoms with Crippen LogP contribution in [0, 0.1) is 5.92 Å². The summed E-state index contributed by atoms with van der Waals surface area (Å²) in [6, 6.07) is 4.21. The van der Waals surface area contributed by atoms with Gasteiger partial charge in [-0.15, -0.1) is 24.0 Å². The summed E-state index contributed by atoms with van der Waals surface area (Å²) in [5.41, 5.74) is 1.20. The monoisotopic (exact) mass is 501 g/mol. The molecular weight excluding hydrogens is 469 g/mol. The van der Waals surface area contributed by atoms with Gasteiger partial charge in [-0.2, -0.15) is 0 Å². The Kier molecular flexibility index (Phi) is 9.27. The van der Waals surface area contributed by atoms with Crippen LogP contribution < -0.4 is 10.2 Å². The minimum Gasteiger partial charge on any atom is -0.466 e. The molecule has 2 fully saturated rings. The molecule has 0 bridgehead atoms. The Morgan fingerprint density at radius 3 is 2.64 bits per heavy atom. The van der Waals surface area contributed by atoms with Crippen molar-refractivity contribution in [3.05, 3.63) is 23.9 Å². The van der Waals surface area contributed by atoms with E-state index in [-0.39, 0.29) is 35.9 Å². The normalized spacial score (nSPS) is 18.0. The molecule has 8 heteroatoms. The SMILES string of the molecule is CCOC(=O)C1CCN(C(=NC)NCc2ccnc(N3CCCC3)c2)CC1.I. The van der Waals surface area contributed by atoms with Gasteiger partial charge in [0.25, 0.3) is 0 Å². The molecule has 156 valence electrons. The Labute approximate surface area is 184 Å². The first-order valence-corrected chi connectivity index (χ1v) is 10.0. The molecule has 2 aliphatic rings. The molecule has 0 saturated carbocycles. The van der Waals surface area contributed by atoms with Crippen molar-refractivity contribution in [3.8, 4) is 0 Å². The van der Waals surface area contributed by atoms with Crippen LogP contribution in [-0.2, 0) is 16.1 Å². The summed E-state index contributed by atoms with van der Waals surface area (Å²) in [7, 11) is 1.81. The average molecular weight is 501 g/mol. The van der Waals surface area contributed by atoms with Gasteiger partial charge < -0.3 is 19.9 Å². The van der Waals surface area contributed by atoms with Crippen LogP contribution in [0.1, 0.15) is 38.2 Å². The number of likely N-dealkylation sites (tertiary alicyclic amines) is 1. The third kappa shape index (κ3) is 5.96. The van der Waals surface area contributed by atoms with Gasteiger partial charge in [-0.3, -0.25) is 9.79 Å². The smallest absolute Gasteiger partial charge is 0.309 e. The zero-order valence-corrected chi connectivity index (χ0v) is 19.2. The van der Waals surface area contributed by atoms with E-state index < -0.39 is 0 Å². The summed E-state index contributed by atoms with van der Waals surface area (Å²) in [5.74, 6) is 1.91. The molecule has 2 aliphatic heterocycles. The number of ether oxygens (including phenoxy) is 1. The van der Waals surface area contributed by atoms with Crippen molar-refractivity contribution in [2.45, 2.75) is 39.2 Å². The number of rotatable bonds is 5. The number of piperidine rings is 1. The molecule has 28 heavy (non-hydrogen) atoms. The minimum absolute atomic E-state index is 0. The maximum absolute atomic E-state index is 11.9. The fraction of sp³-hybridized carbons (Fsp3) is 0.650. The lowest BCUT2D eigenvalue weighted by molar-refractivity contribution is -0.149. The molecule has 1 aromatic heterocycles. The number of carbonyl (C=O) groups is 1. The van der Waals surface area contributed by atoms with Crippen LogP contribution in [0.5, 0.6) is 0 Å². The van der Waals surface area contributed by atoms with Gasteiger partial charge in [-0.05, 0) is 50.3 Å². The van der Waals surface area contributed by atoms with E-state index in [1.54, 1.807) is 0 Å². The van der Waals surface area contributed by atoms with Gasteiger partial charge in [-0.1, -0.05) is 0 Å². The number of pyridine rings is 1. The number of nitrogens with one attached hydrogen (secondary N) is 1. The standard InChI is InChI=1S/C20H31N5O2.HI/c1-3-27-19(26)17-7-12-25(13-8-17)20(21-2)23-15-16-6-9-22-18(14-16)24-10-4-5-11-24;/h6,9,14,17H,3-5,7-8,10-13,15H2,1-2H3,(H,21,23);1H. The second kappa shape index (κ2) is 11.4. The van der Waals surface area contributed by atoms with E-state index in [4.69, 9.17) is 4.74 Å². The predicted octanol–water partition coefficient (Wildman–Crippen LogP) is 2.65. The highest BCUT2D eigenvalue weighted by Crippen LogP contribution is 2.20. The van der Waals surface area contributed by atoms with Crippen LogP contribution in [0.3, 0.4) is 0 Å². The van der Waals surface area contributed by atoms with Crippen LogP contribution >= 0.6 is 24.0 Å². The molecule has 1 N–H and O–H groups in total. The molecule has 0 aliphatic carbocycles. The number of esters is 1. The second-order valence-corrected chi connectivity index (χ2v) is 7.13. The topological polar surface area (TPSA) is 70.1 Å². The average Bonchev–Trinajstić information content (AvgIpc) is 3.24. The number of hydrogen-bond acceptors (Lipinski definition) is 5. The van der Waals surface area contributed by atoms with Crippen molar-refractivity contribution < 1.29 is 9.53 Å². The van der Waals surface area contributed by atoms with Gasteiger partial charge in [0.2, 0.25) is 0 Å². The van der Waals surface area contributed by atoms with E-state index in [9.17, 15) is 4.79 Å². The number of carbonyl (C=O) groups excluding carboxylic acids is 1. The lowest BCUT2D eigenvalue weighted by atomic mass is 9.97. The molecule has 3 rings (SSSR count). The van der Waals surface area contributed by atoms with E-state index in [0.29, 0.717) is 13.2 Å². The van der Waals surface area contributed by atoms with E-state index in [0.717, 1.165) is 50.8 Å². The fourth-order valence-corrected chi connectivity index (χ4v) is 3.79. The van der Waals surface area contributed by atoms with Crippen molar-refractivity contribution in [1.82, 2.24) is 15.2 Å². The molecule has 0 amide bonds. The molecule has 0 atom stereocenters. The number of halogens is 1. The number of anilines is 1. The van der Waals surface area contributed by atoms with Crippen LogP contribution in [0.15, 0.2) is 23.3 Å². The Morgan fingerprint density at radius 1 is 1.29 bits per heavy atom. The number of nitrogens with zero attached hydrogens (tertiary/aromatic N) is 4. The summed E-state index contributed by atoms with van der Waals surface area (Å²) >= 11 is 0. The molecule has 7 nitrogen and oxygen atoms in total. The number of aliphatic imine (C=N–C) groups is 1. The molecule has 0 radical (unpaired) electrons. The lowest BCUT2D eigenvalue weighted by Crippen LogP contribution is -2.46. The summed E-state index contributed by atoms with van der Waals surface area (Å²) in [5, 5.41) is 3.46. The van der Waals surface area contributed by atoms with Crippen LogP contribution in [0.2, 0.25) is 0 Å². The maximum atomic E-state index is 11.9. The van der Waals surface area contributed by atoms with Gasteiger partial charge in [0.15, 0.2) is 5.96 Å². The van der Waals surface area contributed by atoms with E-state index in [1.807, 2.05) is 26.2 Å². The second-order valence-electron chi connectivity index (χ2n) is 7.13. The van der Waals surface area contributed by atoms with Gasteiger partial charge in [0.1, 0.15) is 5.82 Å². The van der Waals surface area contributed by atoms with E-state index >= 15 is 0 Å². The number of hydrogen-bond donors (Lipinski definition) is 1. The molecule has 1 aromatic rings. The highest BCUT2D eigenvalue weighted by Gasteiger charge is 2.27. The zero-order chi connectivity index (χ0) is 19.1. The fourth-order valence-electron chi connectivity index (χ4n) is 3.79. The summed E-state index contributed by atoms with van der Waals surface area (Å²) in [6.45, 7) is 6.85. The third-order valence-corrected chi connectivity index (χ3v) is 5.32.